The molecule has 3 rings (SSSR count). The average Bonchev–Trinajstić information content (AvgIpc) is 2.41. The molecule has 104 valence electrons. The largest absolute Gasteiger partial charge is 0.311 e. The van der Waals surface area contributed by atoms with Gasteiger partial charge >= 0.3 is 0 Å². The predicted octanol–water partition coefficient (Wildman–Crippen LogP) is 2.99. The van der Waals surface area contributed by atoms with Gasteiger partial charge in [0.05, 0.1) is 0 Å². The van der Waals surface area contributed by atoms with Crippen molar-refractivity contribution >= 4 is 15.9 Å². The van der Waals surface area contributed by atoms with Gasteiger partial charge in [-0.1, -0.05) is 22.0 Å². The summed E-state index contributed by atoms with van der Waals surface area (Å²) in [6.07, 6.45) is 6.33. The van der Waals surface area contributed by atoms with Crippen LogP contribution in [0.5, 0.6) is 0 Å². The van der Waals surface area contributed by atoms with E-state index in [-0.39, 0.29) is 0 Å². The van der Waals surface area contributed by atoms with Crippen LogP contribution in [0.25, 0.3) is 0 Å². The molecule has 0 radical (unpaired) electrons. The van der Waals surface area contributed by atoms with E-state index >= 15 is 0 Å². The number of nitrogens with zero attached hydrogens (tertiary/aromatic N) is 1. The fraction of sp³-hybridized carbons (Fsp3) is 0.625. The van der Waals surface area contributed by atoms with E-state index in [1.54, 1.807) is 5.56 Å². The number of rotatable bonds is 2. The second-order valence-electron chi connectivity index (χ2n) is 6.10. The second kappa shape index (κ2) is 5.94. The lowest BCUT2D eigenvalue weighted by atomic mass is 9.87. The van der Waals surface area contributed by atoms with E-state index in [9.17, 15) is 0 Å². The van der Waals surface area contributed by atoms with Gasteiger partial charge in [-0.05, 0) is 75.5 Å². The summed E-state index contributed by atoms with van der Waals surface area (Å²) in [5, 5.41) is 3.90. The third kappa shape index (κ3) is 3.39. The van der Waals surface area contributed by atoms with Crippen molar-refractivity contribution in [3.8, 4) is 0 Å². The molecule has 1 aliphatic heterocycles. The molecule has 1 aromatic rings. The molecular formula is C16H23BrN2. The molecule has 0 saturated carbocycles. The van der Waals surface area contributed by atoms with E-state index in [4.69, 9.17) is 0 Å². The van der Waals surface area contributed by atoms with E-state index in [2.05, 4.69) is 51.4 Å². The van der Waals surface area contributed by atoms with Gasteiger partial charge in [-0.3, -0.25) is 0 Å². The summed E-state index contributed by atoms with van der Waals surface area (Å²) < 4.78 is 1.21. The minimum atomic E-state index is 0.676. The molecule has 0 aromatic heterocycles. The van der Waals surface area contributed by atoms with Gasteiger partial charge in [-0.2, -0.15) is 0 Å². The normalized spacial score (nSPS) is 25.3. The number of fused-ring (bicyclic) bond motifs is 1. The Balaban J connectivity index is 1.59. The zero-order valence-corrected chi connectivity index (χ0v) is 13.2. The Bertz CT molecular complexity index is 438. The molecular weight excluding hydrogens is 300 g/mol. The van der Waals surface area contributed by atoms with Crippen molar-refractivity contribution in [2.45, 2.75) is 44.2 Å². The summed E-state index contributed by atoms with van der Waals surface area (Å²) in [6, 6.07) is 8.16. The third-order valence-electron chi connectivity index (χ3n) is 4.59. The van der Waals surface area contributed by atoms with Crippen LogP contribution < -0.4 is 5.32 Å². The van der Waals surface area contributed by atoms with Gasteiger partial charge < -0.3 is 10.2 Å². The predicted molar refractivity (Wildman–Crippen MR) is 83.6 cm³/mol. The lowest BCUT2D eigenvalue weighted by Crippen LogP contribution is -2.46. The highest BCUT2D eigenvalue weighted by Gasteiger charge is 2.23. The number of aryl methyl sites for hydroxylation is 1. The second-order valence-corrected chi connectivity index (χ2v) is 7.01. The average molecular weight is 323 g/mol. The van der Waals surface area contributed by atoms with Gasteiger partial charge in [0.2, 0.25) is 0 Å². The van der Waals surface area contributed by atoms with Crippen LogP contribution >= 0.6 is 15.9 Å². The van der Waals surface area contributed by atoms with E-state index in [0.717, 1.165) is 6.04 Å². The topological polar surface area (TPSA) is 15.3 Å². The monoisotopic (exact) mass is 322 g/mol. The highest BCUT2D eigenvalue weighted by atomic mass is 79.9. The maximum atomic E-state index is 3.90. The quantitative estimate of drug-likeness (QED) is 0.900. The lowest BCUT2D eigenvalue weighted by molar-refractivity contribution is 0.220. The molecule has 0 spiro atoms. The van der Waals surface area contributed by atoms with Crippen LogP contribution in [0.15, 0.2) is 22.7 Å². The Morgan fingerprint density at radius 2 is 1.89 bits per heavy atom. The van der Waals surface area contributed by atoms with Crippen molar-refractivity contribution in [2.24, 2.45) is 0 Å². The molecule has 1 N–H and O–H groups in total. The van der Waals surface area contributed by atoms with Gasteiger partial charge in [0, 0.05) is 16.6 Å². The van der Waals surface area contributed by atoms with E-state index < -0.39 is 0 Å². The van der Waals surface area contributed by atoms with Crippen LogP contribution in [0.3, 0.4) is 0 Å². The number of hydrogen-bond donors (Lipinski definition) is 1. The Hall–Kier alpha value is -0.380. The molecule has 19 heavy (non-hydrogen) atoms. The lowest BCUT2D eigenvalue weighted by Gasteiger charge is -2.34. The first-order valence-electron chi connectivity index (χ1n) is 7.42. The first kappa shape index (κ1) is 13.6. The van der Waals surface area contributed by atoms with Crippen molar-refractivity contribution in [2.75, 3.05) is 20.1 Å². The highest BCUT2D eigenvalue weighted by Crippen LogP contribution is 2.25. The minimum absolute atomic E-state index is 0.676. The fourth-order valence-corrected chi connectivity index (χ4v) is 3.79. The van der Waals surface area contributed by atoms with Crippen LogP contribution in [0, 0.1) is 0 Å². The summed E-state index contributed by atoms with van der Waals surface area (Å²) in [5.41, 5.74) is 3.08. The Kier molecular flexibility index (Phi) is 4.25. The Morgan fingerprint density at radius 3 is 2.68 bits per heavy atom. The highest BCUT2D eigenvalue weighted by molar-refractivity contribution is 9.10. The summed E-state index contributed by atoms with van der Waals surface area (Å²) >= 11 is 3.59. The summed E-state index contributed by atoms with van der Waals surface area (Å²) in [6.45, 7) is 2.49. The molecule has 3 heteroatoms. The third-order valence-corrected chi connectivity index (χ3v) is 5.08. The molecule has 1 aromatic carbocycles. The first-order chi connectivity index (χ1) is 9.20. The summed E-state index contributed by atoms with van der Waals surface area (Å²) in [4.78, 5) is 2.44. The molecule has 2 nitrogen and oxygen atoms in total. The molecule has 1 heterocycles. The van der Waals surface area contributed by atoms with Crippen LogP contribution in [0.4, 0.5) is 0 Å². The molecule has 1 unspecified atom stereocenters. The minimum Gasteiger partial charge on any atom is -0.311 e. The van der Waals surface area contributed by atoms with Gasteiger partial charge in [0.1, 0.15) is 0 Å². The van der Waals surface area contributed by atoms with Crippen LogP contribution in [-0.4, -0.2) is 37.1 Å². The van der Waals surface area contributed by atoms with Crippen molar-refractivity contribution < 1.29 is 0 Å². The number of nitrogens with one attached hydrogen (secondary N) is 1. The zero-order chi connectivity index (χ0) is 13.2. The van der Waals surface area contributed by atoms with Crippen molar-refractivity contribution in [1.82, 2.24) is 10.2 Å². The van der Waals surface area contributed by atoms with E-state index in [0.29, 0.717) is 6.04 Å². The molecule has 2 aliphatic rings. The van der Waals surface area contributed by atoms with Crippen LogP contribution in [0.1, 0.15) is 30.4 Å². The molecule has 0 amide bonds. The maximum absolute atomic E-state index is 3.90. The maximum Gasteiger partial charge on any atom is 0.0178 e. The number of benzene rings is 1. The molecule has 1 atom stereocenters. The number of likely N-dealkylation sites (tertiary alicyclic amines) is 1. The summed E-state index contributed by atoms with van der Waals surface area (Å²) in [7, 11) is 2.23. The van der Waals surface area contributed by atoms with Crippen molar-refractivity contribution in [3.63, 3.8) is 0 Å². The Labute approximate surface area is 124 Å². The van der Waals surface area contributed by atoms with Crippen molar-refractivity contribution in [3.05, 3.63) is 33.8 Å². The number of piperidine rings is 1. The molecule has 1 fully saturated rings. The first-order valence-corrected chi connectivity index (χ1v) is 8.22. The molecule has 1 aliphatic carbocycles. The number of hydrogen-bond acceptors (Lipinski definition) is 2. The molecule has 0 bridgehead atoms. The van der Waals surface area contributed by atoms with Crippen molar-refractivity contribution in [1.29, 1.82) is 0 Å². The standard InChI is InChI=1S/C16H23BrN2/c1-19-8-6-15(7-9-19)18-16-5-3-12-2-4-14(17)10-13(12)11-16/h2,4,10,15-16,18H,3,5-9,11H2,1H3. The fourth-order valence-electron chi connectivity index (χ4n) is 3.38. The van der Waals surface area contributed by atoms with Crippen LogP contribution in [-0.2, 0) is 12.8 Å². The van der Waals surface area contributed by atoms with Gasteiger partial charge in [-0.15, -0.1) is 0 Å². The summed E-state index contributed by atoms with van der Waals surface area (Å²) in [5.74, 6) is 0. The van der Waals surface area contributed by atoms with Gasteiger partial charge in [0.15, 0.2) is 0 Å². The SMILES string of the molecule is CN1CCC(NC2CCc3ccc(Br)cc3C2)CC1. The van der Waals surface area contributed by atoms with E-state index in [1.807, 2.05) is 0 Å². The smallest absolute Gasteiger partial charge is 0.0178 e. The zero-order valence-electron chi connectivity index (χ0n) is 11.7. The molecule has 1 saturated heterocycles. The van der Waals surface area contributed by atoms with E-state index in [1.165, 1.54) is 55.2 Å². The van der Waals surface area contributed by atoms with Gasteiger partial charge in [0.25, 0.3) is 0 Å². The van der Waals surface area contributed by atoms with Crippen LogP contribution in [0.2, 0.25) is 0 Å². The Morgan fingerprint density at radius 1 is 1.11 bits per heavy atom. The van der Waals surface area contributed by atoms with Gasteiger partial charge in [-0.25, -0.2) is 0 Å². The number of halogens is 1.